The summed E-state index contributed by atoms with van der Waals surface area (Å²) in [6.07, 6.45) is 0. The minimum Gasteiger partial charge on any atom is -0.496 e. The number of halogens is 2. The van der Waals surface area contributed by atoms with Gasteiger partial charge >= 0.3 is 0 Å². The Kier molecular flexibility index (Phi) is 3.81. The Morgan fingerprint density at radius 2 is 1.84 bits per heavy atom. The molecule has 19 heavy (non-hydrogen) atoms. The van der Waals surface area contributed by atoms with Crippen LogP contribution in [-0.4, -0.2) is 7.11 Å². The molecule has 0 fully saturated rings. The molecule has 2 aromatic carbocycles. The third-order valence-electron chi connectivity index (χ3n) is 3.06. The highest BCUT2D eigenvalue weighted by Gasteiger charge is 2.11. The molecule has 0 saturated heterocycles. The molecular formula is C15H15F2NO. The first-order valence-corrected chi connectivity index (χ1v) is 5.89. The Labute approximate surface area is 110 Å². The molecule has 0 amide bonds. The normalized spacial score (nSPS) is 10.6. The number of ether oxygens (including phenoxy) is 1. The fraction of sp³-hybridized carbons (Fsp3) is 0.200. The van der Waals surface area contributed by atoms with E-state index >= 15 is 0 Å². The van der Waals surface area contributed by atoms with Crippen LogP contribution >= 0.6 is 0 Å². The standard InChI is InChI=1S/C15H15F2NO/c1-9-5-14(17)12(7-13(9)16)10-3-4-15(19-2)11(6-10)8-18/h3-7H,8,18H2,1-2H3. The Morgan fingerprint density at radius 1 is 1.11 bits per heavy atom. The van der Waals surface area contributed by atoms with Gasteiger partial charge < -0.3 is 10.5 Å². The summed E-state index contributed by atoms with van der Waals surface area (Å²) in [7, 11) is 1.54. The number of hydrogen-bond acceptors (Lipinski definition) is 2. The van der Waals surface area contributed by atoms with Crippen LogP contribution in [0.15, 0.2) is 30.3 Å². The van der Waals surface area contributed by atoms with Gasteiger partial charge in [-0.15, -0.1) is 0 Å². The van der Waals surface area contributed by atoms with Crippen molar-refractivity contribution in [3.63, 3.8) is 0 Å². The molecule has 100 valence electrons. The molecule has 0 aliphatic rings. The van der Waals surface area contributed by atoms with Gasteiger partial charge in [0.2, 0.25) is 0 Å². The maximum Gasteiger partial charge on any atom is 0.131 e. The van der Waals surface area contributed by atoms with Crippen molar-refractivity contribution in [2.75, 3.05) is 7.11 Å². The van der Waals surface area contributed by atoms with Gasteiger partial charge in [-0.05, 0) is 42.3 Å². The van der Waals surface area contributed by atoms with E-state index in [1.54, 1.807) is 25.3 Å². The highest BCUT2D eigenvalue weighted by atomic mass is 19.1. The van der Waals surface area contributed by atoms with Crippen molar-refractivity contribution in [2.45, 2.75) is 13.5 Å². The maximum absolute atomic E-state index is 13.9. The number of hydrogen-bond donors (Lipinski definition) is 1. The summed E-state index contributed by atoms with van der Waals surface area (Å²) in [5.74, 6) is -0.243. The highest BCUT2D eigenvalue weighted by molar-refractivity contribution is 5.67. The van der Waals surface area contributed by atoms with Crippen molar-refractivity contribution in [3.05, 3.63) is 53.1 Å². The van der Waals surface area contributed by atoms with E-state index in [1.807, 2.05) is 0 Å². The zero-order valence-corrected chi connectivity index (χ0v) is 10.8. The predicted octanol–water partition coefficient (Wildman–Crippen LogP) is 3.41. The summed E-state index contributed by atoms with van der Waals surface area (Å²) in [6, 6.07) is 7.50. The Morgan fingerprint density at radius 3 is 2.47 bits per heavy atom. The molecule has 2 nitrogen and oxygen atoms in total. The fourth-order valence-electron chi connectivity index (χ4n) is 1.97. The molecular weight excluding hydrogens is 248 g/mol. The van der Waals surface area contributed by atoms with Gasteiger partial charge in [0.1, 0.15) is 17.4 Å². The molecule has 0 heterocycles. The van der Waals surface area contributed by atoms with Gasteiger partial charge in [0.25, 0.3) is 0 Å². The number of nitrogens with two attached hydrogens (primary N) is 1. The zero-order chi connectivity index (χ0) is 14.0. The van der Waals surface area contributed by atoms with Crippen molar-refractivity contribution in [2.24, 2.45) is 5.73 Å². The van der Waals surface area contributed by atoms with Crippen LogP contribution < -0.4 is 10.5 Å². The lowest BCUT2D eigenvalue weighted by molar-refractivity contribution is 0.410. The second kappa shape index (κ2) is 5.36. The first kappa shape index (κ1) is 13.5. The molecule has 0 unspecified atom stereocenters. The smallest absolute Gasteiger partial charge is 0.131 e. The summed E-state index contributed by atoms with van der Waals surface area (Å²) >= 11 is 0. The molecule has 0 bridgehead atoms. The number of rotatable bonds is 3. The number of methoxy groups -OCH3 is 1. The Bertz CT molecular complexity index is 611. The lowest BCUT2D eigenvalue weighted by Gasteiger charge is -2.11. The summed E-state index contributed by atoms with van der Waals surface area (Å²) < 4.78 is 32.6. The Hall–Kier alpha value is -1.94. The monoisotopic (exact) mass is 263 g/mol. The van der Waals surface area contributed by atoms with Crippen LogP contribution in [0.2, 0.25) is 0 Å². The predicted molar refractivity (Wildman–Crippen MR) is 71.0 cm³/mol. The molecule has 4 heteroatoms. The molecule has 0 saturated carbocycles. The zero-order valence-electron chi connectivity index (χ0n) is 10.8. The molecule has 0 aliphatic carbocycles. The summed E-state index contributed by atoms with van der Waals surface area (Å²) in [6.45, 7) is 1.80. The van der Waals surface area contributed by atoms with Crippen LogP contribution in [-0.2, 0) is 6.54 Å². The van der Waals surface area contributed by atoms with Gasteiger partial charge in [-0.2, -0.15) is 0 Å². The second-order valence-corrected chi connectivity index (χ2v) is 4.31. The van der Waals surface area contributed by atoms with E-state index in [2.05, 4.69) is 0 Å². The number of benzene rings is 2. The van der Waals surface area contributed by atoms with Crippen molar-refractivity contribution in [1.29, 1.82) is 0 Å². The van der Waals surface area contributed by atoms with E-state index in [9.17, 15) is 8.78 Å². The van der Waals surface area contributed by atoms with Crippen molar-refractivity contribution < 1.29 is 13.5 Å². The van der Waals surface area contributed by atoms with E-state index in [4.69, 9.17) is 10.5 Å². The van der Waals surface area contributed by atoms with E-state index < -0.39 is 11.6 Å². The molecule has 0 radical (unpaired) electrons. The summed E-state index contributed by atoms with van der Waals surface area (Å²) in [5.41, 5.74) is 7.46. The van der Waals surface area contributed by atoms with Gasteiger partial charge in [0.15, 0.2) is 0 Å². The summed E-state index contributed by atoms with van der Waals surface area (Å²) in [4.78, 5) is 0. The first-order chi connectivity index (χ1) is 9.06. The molecule has 0 atom stereocenters. The third kappa shape index (κ3) is 2.58. The molecule has 2 N–H and O–H groups in total. The number of aryl methyl sites for hydroxylation is 1. The highest BCUT2D eigenvalue weighted by Crippen LogP contribution is 2.29. The van der Waals surface area contributed by atoms with Crippen molar-refractivity contribution >= 4 is 0 Å². The molecule has 0 spiro atoms. The van der Waals surface area contributed by atoms with Gasteiger partial charge in [0, 0.05) is 17.7 Å². The largest absolute Gasteiger partial charge is 0.496 e. The average molecular weight is 263 g/mol. The molecule has 0 aliphatic heterocycles. The van der Waals surface area contributed by atoms with Crippen LogP contribution in [0.3, 0.4) is 0 Å². The van der Waals surface area contributed by atoms with Crippen LogP contribution in [0, 0.1) is 18.6 Å². The second-order valence-electron chi connectivity index (χ2n) is 4.31. The van der Waals surface area contributed by atoms with Gasteiger partial charge in [0.05, 0.1) is 7.11 Å². The van der Waals surface area contributed by atoms with E-state index in [1.165, 1.54) is 19.1 Å². The van der Waals surface area contributed by atoms with E-state index in [0.29, 0.717) is 11.3 Å². The minimum atomic E-state index is -0.452. The average Bonchev–Trinajstić information content (AvgIpc) is 2.42. The van der Waals surface area contributed by atoms with E-state index in [-0.39, 0.29) is 17.7 Å². The lowest BCUT2D eigenvalue weighted by atomic mass is 10.0. The maximum atomic E-state index is 13.9. The molecule has 0 aromatic heterocycles. The quantitative estimate of drug-likeness (QED) is 0.921. The van der Waals surface area contributed by atoms with Crippen LogP contribution in [0.4, 0.5) is 8.78 Å². The van der Waals surface area contributed by atoms with E-state index in [0.717, 1.165) is 5.56 Å². The van der Waals surface area contributed by atoms with Gasteiger partial charge in [-0.1, -0.05) is 6.07 Å². The van der Waals surface area contributed by atoms with Crippen LogP contribution in [0.1, 0.15) is 11.1 Å². The fourth-order valence-corrected chi connectivity index (χ4v) is 1.97. The van der Waals surface area contributed by atoms with Gasteiger partial charge in [-0.25, -0.2) is 8.78 Å². The molecule has 2 aromatic rings. The molecule has 2 rings (SSSR count). The van der Waals surface area contributed by atoms with Gasteiger partial charge in [-0.3, -0.25) is 0 Å². The third-order valence-corrected chi connectivity index (χ3v) is 3.06. The van der Waals surface area contributed by atoms with Crippen LogP contribution in [0.25, 0.3) is 11.1 Å². The van der Waals surface area contributed by atoms with Crippen molar-refractivity contribution in [1.82, 2.24) is 0 Å². The minimum absolute atomic E-state index is 0.223. The van der Waals surface area contributed by atoms with Crippen molar-refractivity contribution in [3.8, 4) is 16.9 Å². The summed E-state index contributed by atoms with van der Waals surface area (Å²) in [5, 5.41) is 0. The lowest BCUT2D eigenvalue weighted by Crippen LogP contribution is -2.00. The first-order valence-electron chi connectivity index (χ1n) is 5.89. The topological polar surface area (TPSA) is 35.2 Å². The van der Waals surface area contributed by atoms with Crippen LogP contribution in [0.5, 0.6) is 5.75 Å². The Balaban J connectivity index is 2.56. The SMILES string of the molecule is COc1ccc(-c2cc(F)c(C)cc2F)cc1CN.